The van der Waals surface area contributed by atoms with Gasteiger partial charge in [-0.2, -0.15) is 0 Å². The normalized spacial score (nSPS) is 10.9. The maximum Gasteiger partial charge on any atom is -0.00240 e. The van der Waals surface area contributed by atoms with E-state index in [-0.39, 0.29) is 0 Å². The predicted octanol–water partition coefficient (Wildman–Crippen LogP) is 6.17. The Balaban J connectivity index is 0.000000581. The van der Waals surface area contributed by atoms with Gasteiger partial charge in [0.1, 0.15) is 0 Å². The van der Waals surface area contributed by atoms with Crippen LogP contribution < -0.4 is 0 Å². The van der Waals surface area contributed by atoms with Crippen LogP contribution in [0.2, 0.25) is 0 Å². The zero-order chi connectivity index (χ0) is 14.1. The Morgan fingerprint density at radius 1 is 0.650 bits per heavy atom. The molecule has 0 radical (unpaired) electrons. The first-order valence-electron chi connectivity index (χ1n) is 7.54. The molecule has 0 saturated heterocycles. The lowest BCUT2D eigenvalue weighted by Crippen LogP contribution is -1.88. The minimum Gasteiger partial charge on any atom is -0.0683 e. The molecule has 4 rings (SSSR count). The van der Waals surface area contributed by atoms with Crippen LogP contribution in [-0.2, 0) is 6.42 Å². The molecule has 0 unspecified atom stereocenters. The smallest absolute Gasteiger partial charge is 0.00240 e. The molecule has 0 nitrogen and oxygen atoms in total. The van der Waals surface area contributed by atoms with Crippen LogP contribution in [0, 0.1) is 0 Å². The fourth-order valence-electron chi connectivity index (χ4n) is 3.10. The molecule has 0 atom stereocenters. The lowest BCUT2D eigenvalue weighted by molar-refractivity contribution is 1.16. The van der Waals surface area contributed by atoms with Gasteiger partial charge in [-0.05, 0) is 44.3 Å². The van der Waals surface area contributed by atoms with Crippen molar-refractivity contribution in [3.8, 4) is 0 Å². The number of rotatable bonds is 1. The van der Waals surface area contributed by atoms with Crippen molar-refractivity contribution < 1.29 is 0 Å². The van der Waals surface area contributed by atoms with E-state index in [4.69, 9.17) is 0 Å². The van der Waals surface area contributed by atoms with Crippen molar-refractivity contribution in [1.82, 2.24) is 0 Å². The molecule has 0 aromatic heterocycles. The summed E-state index contributed by atoms with van der Waals surface area (Å²) in [5.74, 6) is 0. The molecule has 4 aromatic rings. The van der Waals surface area contributed by atoms with Gasteiger partial charge in [0.25, 0.3) is 0 Å². The second-order valence-corrected chi connectivity index (χ2v) is 4.93. The third kappa shape index (κ3) is 1.76. The summed E-state index contributed by atoms with van der Waals surface area (Å²) < 4.78 is 0. The third-order valence-electron chi connectivity index (χ3n) is 4.00. The number of hydrogen-bond donors (Lipinski definition) is 0. The molecule has 0 amide bonds. The fourth-order valence-corrected chi connectivity index (χ4v) is 3.10. The zero-order valence-electron chi connectivity index (χ0n) is 12.4. The Hall–Kier alpha value is -2.08. The molecule has 0 heteroatoms. The second-order valence-electron chi connectivity index (χ2n) is 4.93. The van der Waals surface area contributed by atoms with Crippen LogP contribution in [0.15, 0.2) is 54.6 Å². The van der Waals surface area contributed by atoms with Crippen LogP contribution in [0.5, 0.6) is 0 Å². The van der Waals surface area contributed by atoms with Gasteiger partial charge in [0, 0.05) is 0 Å². The van der Waals surface area contributed by atoms with Crippen LogP contribution >= 0.6 is 0 Å². The van der Waals surface area contributed by atoms with E-state index in [1.807, 2.05) is 13.8 Å². The molecule has 0 heterocycles. The molecule has 0 aliphatic carbocycles. The summed E-state index contributed by atoms with van der Waals surface area (Å²) in [6.45, 7) is 6.23. The van der Waals surface area contributed by atoms with Crippen LogP contribution in [0.1, 0.15) is 26.3 Å². The van der Waals surface area contributed by atoms with Gasteiger partial charge >= 0.3 is 0 Å². The largest absolute Gasteiger partial charge is 0.0683 e. The van der Waals surface area contributed by atoms with E-state index in [9.17, 15) is 0 Å². The highest BCUT2D eigenvalue weighted by molar-refractivity contribution is 6.23. The van der Waals surface area contributed by atoms with Crippen molar-refractivity contribution in [3.05, 3.63) is 60.2 Å². The minimum absolute atomic E-state index is 1.09. The highest BCUT2D eigenvalue weighted by atomic mass is 14.1. The number of hydrogen-bond acceptors (Lipinski definition) is 0. The van der Waals surface area contributed by atoms with Gasteiger partial charge in [0.2, 0.25) is 0 Å². The standard InChI is InChI=1S/C18H14.C2H6/c1-2-12-6-7-15-9-8-13-4-3-5-14-10-11-16(12)18(15)17(13)14;1-2/h3-11H,2H2,1H3;1-2H3. The van der Waals surface area contributed by atoms with E-state index in [0.717, 1.165) is 6.42 Å². The van der Waals surface area contributed by atoms with E-state index >= 15 is 0 Å². The van der Waals surface area contributed by atoms with Crippen LogP contribution in [0.4, 0.5) is 0 Å². The van der Waals surface area contributed by atoms with Crippen molar-refractivity contribution in [2.24, 2.45) is 0 Å². The average molecular weight is 260 g/mol. The molecule has 0 aliphatic heterocycles. The lowest BCUT2D eigenvalue weighted by Gasteiger charge is -2.12. The zero-order valence-corrected chi connectivity index (χ0v) is 12.4. The van der Waals surface area contributed by atoms with Gasteiger partial charge in [-0.15, -0.1) is 0 Å². The Bertz CT molecular complexity index is 840. The first kappa shape index (κ1) is 12.9. The molecule has 0 fully saturated rings. The maximum absolute atomic E-state index is 2.28. The highest BCUT2D eigenvalue weighted by Gasteiger charge is 2.09. The molecule has 20 heavy (non-hydrogen) atoms. The Morgan fingerprint density at radius 3 is 1.85 bits per heavy atom. The molecule has 0 bridgehead atoms. The van der Waals surface area contributed by atoms with Crippen molar-refractivity contribution in [2.45, 2.75) is 27.2 Å². The summed E-state index contributed by atoms with van der Waals surface area (Å²) in [4.78, 5) is 0. The minimum atomic E-state index is 1.09. The Morgan fingerprint density at radius 2 is 1.20 bits per heavy atom. The van der Waals surface area contributed by atoms with E-state index in [0.29, 0.717) is 0 Å². The van der Waals surface area contributed by atoms with Crippen molar-refractivity contribution in [2.75, 3.05) is 0 Å². The first-order chi connectivity index (χ1) is 9.88. The fraction of sp³-hybridized carbons (Fsp3) is 0.200. The molecular formula is C20H20. The maximum atomic E-state index is 2.28. The molecule has 0 spiro atoms. The van der Waals surface area contributed by atoms with E-state index < -0.39 is 0 Å². The summed E-state index contributed by atoms with van der Waals surface area (Å²) in [6, 6.07) is 20.1. The van der Waals surface area contributed by atoms with Gasteiger partial charge in [-0.1, -0.05) is 75.4 Å². The first-order valence-corrected chi connectivity index (χ1v) is 7.54. The van der Waals surface area contributed by atoms with Gasteiger partial charge in [0.05, 0.1) is 0 Å². The SMILES string of the molecule is CC.CCc1ccc2ccc3cccc4ccc1c2c34. The Kier molecular flexibility index (Phi) is 3.31. The summed E-state index contributed by atoms with van der Waals surface area (Å²) in [6.07, 6.45) is 1.09. The van der Waals surface area contributed by atoms with Crippen LogP contribution in [-0.4, -0.2) is 0 Å². The monoisotopic (exact) mass is 260 g/mol. The van der Waals surface area contributed by atoms with E-state index in [2.05, 4.69) is 61.5 Å². The van der Waals surface area contributed by atoms with Crippen LogP contribution in [0.25, 0.3) is 32.3 Å². The third-order valence-corrected chi connectivity index (χ3v) is 4.00. The van der Waals surface area contributed by atoms with E-state index in [1.54, 1.807) is 0 Å². The molecule has 100 valence electrons. The van der Waals surface area contributed by atoms with Gasteiger partial charge < -0.3 is 0 Å². The summed E-state index contributed by atoms with van der Waals surface area (Å²) >= 11 is 0. The molecule has 4 aromatic carbocycles. The molecule has 0 N–H and O–H groups in total. The van der Waals surface area contributed by atoms with Crippen LogP contribution in [0.3, 0.4) is 0 Å². The predicted molar refractivity (Wildman–Crippen MR) is 90.9 cm³/mol. The summed E-state index contributed by atoms with van der Waals surface area (Å²) in [5.41, 5.74) is 1.45. The second kappa shape index (κ2) is 5.13. The molecular weight excluding hydrogens is 240 g/mol. The lowest BCUT2D eigenvalue weighted by atomic mass is 9.91. The Labute approximate surface area is 120 Å². The highest BCUT2D eigenvalue weighted by Crippen LogP contribution is 2.35. The quantitative estimate of drug-likeness (QED) is 0.359. The van der Waals surface area contributed by atoms with Crippen molar-refractivity contribution in [3.63, 3.8) is 0 Å². The average Bonchev–Trinajstić information content (AvgIpc) is 2.54. The molecule has 0 aliphatic rings. The van der Waals surface area contributed by atoms with Crippen molar-refractivity contribution in [1.29, 1.82) is 0 Å². The van der Waals surface area contributed by atoms with Gasteiger partial charge in [-0.3, -0.25) is 0 Å². The summed E-state index contributed by atoms with van der Waals surface area (Å²) in [5, 5.41) is 8.32. The topological polar surface area (TPSA) is 0 Å². The molecule has 0 saturated carbocycles. The van der Waals surface area contributed by atoms with Crippen molar-refractivity contribution >= 4 is 32.3 Å². The number of aryl methyl sites for hydroxylation is 1. The number of benzene rings is 4. The van der Waals surface area contributed by atoms with E-state index in [1.165, 1.54) is 37.9 Å². The van der Waals surface area contributed by atoms with Gasteiger partial charge in [0.15, 0.2) is 0 Å². The van der Waals surface area contributed by atoms with Gasteiger partial charge in [-0.25, -0.2) is 0 Å². The summed E-state index contributed by atoms with van der Waals surface area (Å²) in [7, 11) is 0.